The Morgan fingerprint density at radius 1 is 1.59 bits per heavy atom. The van der Waals surface area contributed by atoms with Crippen LogP contribution in [0.15, 0.2) is 16.9 Å². The van der Waals surface area contributed by atoms with Gasteiger partial charge >= 0.3 is 5.69 Å². The Bertz CT molecular complexity index is 443. The van der Waals surface area contributed by atoms with E-state index in [-0.39, 0.29) is 12.3 Å². The maximum Gasteiger partial charge on any atom is 0.311 e. The zero-order chi connectivity index (χ0) is 12.5. The quantitative estimate of drug-likeness (QED) is 0.656. The van der Waals surface area contributed by atoms with Crippen LogP contribution in [0.2, 0.25) is 0 Å². The topological polar surface area (TPSA) is 88.3 Å². The molecule has 0 amide bonds. The monoisotopic (exact) mass is 301 g/mol. The third-order valence-electron chi connectivity index (χ3n) is 3.08. The smallest absolute Gasteiger partial charge is 0.311 e. The van der Waals surface area contributed by atoms with Crippen LogP contribution in [0.1, 0.15) is 19.3 Å². The van der Waals surface area contributed by atoms with Crippen molar-refractivity contribution in [2.45, 2.75) is 24.8 Å². The van der Waals surface area contributed by atoms with Gasteiger partial charge in [-0.05, 0) is 35.2 Å². The highest BCUT2D eigenvalue weighted by molar-refractivity contribution is 9.10. The zero-order valence-electron chi connectivity index (χ0n) is 9.02. The number of aliphatic hydroxyl groups is 1. The fraction of sp³-hybridized carbons (Fsp3) is 0.500. The van der Waals surface area contributed by atoms with Crippen molar-refractivity contribution < 1.29 is 10.0 Å². The van der Waals surface area contributed by atoms with E-state index in [1.54, 1.807) is 0 Å². The van der Waals surface area contributed by atoms with Gasteiger partial charge in [-0.1, -0.05) is 0 Å². The van der Waals surface area contributed by atoms with E-state index in [4.69, 9.17) is 0 Å². The molecule has 0 aromatic carbocycles. The van der Waals surface area contributed by atoms with Gasteiger partial charge in [0, 0.05) is 6.20 Å². The second kappa shape index (κ2) is 4.58. The molecule has 0 radical (unpaired) electrons. The van der Waals surface area contributed by atoms with Crippen LogP contribution in [0.25, 0.3) is 0 Å². The van der Waals surface area contributed by atoms with Gasteiger partial charge in [0.15, 0.2) is 0 Å². The average molecular weight is 302 g/mol. The summed E-state index contributed by atoms with van der Waals surface area (Å²) in [6.45, 7) is -0.0289. The summed E-state index contributed by atoms with van der Waals surface area (Å²) in [5, 5.41) is 23.3. The molecule has 0 bridgehead atoms. The molecule has 0 saturated heterocycles. The first-order valence-electron chi connectivity index (χ1n) is 5.25. The fourth-order valence-corrected chi connectivity index (χ4v) is 2.30. The lowest BCUT2D eigenvalue weighted by Crippen LogP contribution is -2.48. The van der Waals surface area contributed by atoms with Crippen LogP contribution in [-0.2, 0) is 0 Å². The van der Waals surface area contributed by atoms with Crippen molar-refractivity contribution in [3.05, 3.63) is 27.0 Å². The first-order valence-corrected chi connectivity index (χ1v) is 6.04. The Morgan fingerprint density at radius 2 is 2.29 bits per heavy atom. The number of rotatable bonds is 4. The van der Waals surface area contributed by atoms with Gasteiger partial charge in [0.05, 0.1) is 21.5 Å². The molecule has 1 heterocycles. The second-order valence-electron chi connectivity index (χ2n) is 4.19. The normalized spacial score (nSPS) is 17.3. The first-order chi connectivity index (χ1) is 8.08. The van der Waals surface area contributed by atoms with Gasteiger partial charge in [-0.25, -0.2) is 0 Å². The maximum atomic E-state index is 10.9. The van der Waals surface area contributed by atoms with E-state index in [2.05, 4.69) is 26.2 Å². The average Bonchev–Trinajstić information content (AvgIpc) is 2.25. The van der Waals surface area contributed by atoms with Crippen molar-refractivity contribution in [3.63, 3.8) is 0 Å². The van der Waals surface area contributed by atoms with E-state index < -0.39 is 10.5 Å². The number of anilines is 1. The molecule has 0 spiro atoms. The molecule has 1 aliphatic carbocycles. The summed E-state index contributed by atoms with van der Waals surface area (Å²) in [4.78, 5) is 14.2. The lowest BCUT2D eigenvalue weighted by atomic mass is 9.77. The molecule has 0 aliphatic heterocycles. The van der Waals surface area contributed by atoms with Crippen molar-refractivity contribution in [2.24, 2.45) is 0 Å². The molecule has 92 valence electrons. The highest BCUT2D eigenvalue weighted by atomic mass is 79.9. The fourth-order valence-electron chi connectivity index (χ4n) is 1.88. The molecule has 7 heteroatoms. The first kappa shape index (κ1) is 12.3. The van der Waals surface area contributed by atoms with Gasteiger partial charge in [0.2, 0.25) is 0 Å². The largest absolute Gasteiger partial charge is 0.394 e. The summed E-state index contributed by atoms with van der Waals surface area (Å²) in [7, 11) is 0. The summed E-state index contributed by atoms with van der Waals surface area (Å²) in [6, 6.07) is 0. The van der Waals surface area contributed by atoms with Gasteiger partial charge in [0.1, 0.15) is 11.9 Å². The molecule has 1 aromatic heterocycles. The van der Waals surface area contributed by atoms with Crippen LogP contribution in [0.3, 0.4) is 0 Å². The highest BCUT2D eigenvalue weighted by Crippen LogP contribution is 2.40. The minimum atomic E-state index is -0.482. The van der Waals surface area contributed by atoms with Gasteiger partial charge in [0.25, 0.3) is 0 Å². The molecule has 0 unspecified atom stereocenters. The molecule has 2 rings (SSSR count). The van der Waals surface area contributed by atoms with Crippen LogP contribution >= 0.6 is 15.9 Å². The summed E-state index contributed by atoms with van der Waals surface area (Å²) < 4.78 is 0.534. The number of hydrogen-bond donors (Lipinski definition) is 2. The number of nitro groups is 1. The van der Waals surface area contributed by atoms with Crippen LogP contribution in [0, 0.1) is 10.1 Å². The van der Waals surface area contributed by atoms with Crippen molar-refractivity contribution in [3.8, 4) is 0 Å². The Kier molecular flexibility index (Phi) is 3.30. The molecule has 1 aliphatic rings. The van der Waals surface area contributed by atoms with E-state index in [1.165, 1.54) is 12.4 Å². The second-order valence-corrected chi connectivity index (χ2v) is 5.04. The number of nitrogens with one attached hydrogen (secondary N) is 1. The number of aliphatic hydroxyl groups excluding tert-OH is 1. The molecule has 0 atom stereocenters. The number of nitrogens with zero attached hydrogens (tertiary/aromatic N) is 2. The standard InChI is InChI=1S/C10H12BrN3O3/c11-7-4-12-5-8(14(16)17)9(7)13-10(6-15)2-1-3-10/h4-5,15H,1-3,6H2,(H,12,13). The number of hydrogen-bond acceptors (Lipinski definition) is 5. The van der Waals surface area contributed by atoms with Gasteiger partial charge < -0.3 is 10.4 Å². The van der Waals surface area contributed by atoms with E-state index in [0.717, 1.165) is 19.3 Å². The molecule has 1 fully saturated rings. The summed E-state index contributed by atoms with van der Waals surface area (Å²) >= 11 is 3.24. The summed E-state index contributed by atoms with van der Waals surface area (Å²) in [5.41, 5.74) is -0.118. The molecular formula is C10H12BrN3O3. The Balaban J connectivity index is 2.34. The maximum absolute atomic E-state index is 10.9. The Labute approximate surface area is 106 Å². The molecule has 1 aromatic rings. The predicted molar refractivity (Wildman–Crippen MR) is 65.9 cm³/mol. The van der Waals surface area contributed by atoms with E-state index in [0.29, 0.717) is 10.2 Å². The molecule has 6 nitrogen and oxygen atoms in total. The van der Waals surface area contributed by atoms with Crippen LogP contribution in [-0.4, -0.2) is 27.2 Å². The molecular weight excluding hydrogens is 290 g/mol. The molecule has 17 heavy (non-hydrogen) atoms. The SMILES string of the molecule is O=[N+]([O-])c1cncc(Br)c1NC1(CO)CCC1. The minimum absolute atomic E-state index is 0.0289. The Morgan fingerprint density at radius 3 is 2.76 bits per heavy atom. The lowest BCUT2D eigenvalue weighted by Gasteiger charge is -2.41. The van der Waals surface area contributed by atoms with Crippen LogP contribution in [0.5, 0.6) is 0 Å². The number of aromatic nitrogens is 1. The molecule has 2 N–H and O–H groups in total. The number of halogens is 1. The molecule has 1 saturated carbocycles. The number of pyridine rings is 1. The van der Waals surface area contributed by atoms with Crippen molar-refractivity contribution in [1.82, 2.24) is 4.98 Å². The van der Waals surface area contributed by atoms with E-state index in [9.17, 15) is 15.2 Å². The van der Waals surface area contributed by atoms with Gasteiger partial charge in [-0.2, -0.15) is 0 Å². The van der Waals surface area contributed by atoms with Crippen molar-refractivity contribution in [1.29, 1.82) is 0 Å². The van der Waals surface area contributed by atoms with Gasteiger partial charge in [-0.3, -0.25) is 15.1 Å². The Hall–Kier alpha value is -1.21. The summed E-state index contributed by atoms with van der Waals surface area (Å²) in [6.07, 6.45) is 5.35. The zero-order valence-corrected chi connectivity index (χ0v) is 10.6. The van der Waals surface area contributed by atoms with Crippen molar-refractivity contribution >= 4 is 27.3 Å². The lowest BCUT2D eigenvalue weighted by molar-refractivity contribution is -0.384. The minimum Gasteiger partial charge on any atom is -0.394 e. The third-order valence-corrected chi connectivity index (χ3v) is 3.68. The van der Waals surface area contributed by atoms with Crippen LogP contribution in [0.4, 0.5) is 11.4 Å². The van der Waals surface area contributed by atoms with E-state index in [1.807, 2.05) is 0 Å². The predicted octanol–water partition coefficient (Wildman–Crippen LogP) is 2.08. The summed E-state index contributed by atoms with van der Waals surface area (Å²) in [5.74, 6) is 0. The van der Waals surface area contributed by atoms with Crippen molar-refractivity contribution in [2.75, 3.05) is 11.9 Å². The van der Waals surface area contributed by atoms with E-state index >= 15 is 0 Å². The van der Waals surface area contributed by atoms with Gasteiger partial charge in [-0.15, -0.1) is 0 Å². The van der Waals surface area contributed by atoms with Crippen LogP contribution < -0.4 is 5.32 Å². The highest BCUT2D eigenvalue weighted by Gasteiger charge is 2.38. The third kappa shape index (κ3) is 2.25.